The van der Waals surface area contributed by atoms with Crippen molar-refractivity contribution >= 4 is 11.7 Å². The van der Waals surface area contributed by atoms with Gasteiger partial charge in [0.1, 0.15) is 5.82 Å². The maximum Gasteiger partial charge on any atom is 0.250 e. The van der Waals surface area contributed by atoms with Gasteiger partial charge in [0.05, 0.1) is 5.56 Å². The Labute approximate surface area is 119 Å². The second-order valence-corrected chi connectivity index (χ2v) is 5.80. The van der Waals surface area contributed by atoms with Gasteiger partial charge in [-0.15, -0.1) is 0 Å². The maximum absolute atomic E-state index is 11.1. The zero-order valence-electron chi connectivity index (χ0n) is 11.7. The molecule has 2 aliphatic rings. The van der Waals surface area contributed by atoms with Gasteiger partial charge in [-0.05, 0) is 44.4 Å². The summed E-state index contributed by atoms with van der Waals surface area (Å²) in [6.45, 7) is 2.13. The Bertz CT molecular complexity index is 463. The molecule has 1 saturated heterocycles. The number of amides is 1. The summed E-state index contributed by atoms with van der Waals surface area (Å²) in [7, 11) is 0. The lowest BCUT2D eigenvalue weighted by molar-refractivity contribution is 0.1000. The highest BCUT2D eigenvalue weighted by Gasteiger charge is 2.31. The quantitative estimate of drug-likeness (QED) is 0.849. The van der Waals surface area contributed by atoms with E-state index in [1.54, 1.807) is 12.3 Å². The first-order chi connectivity index (χ1) is 9.74. The van der Waals surface area contributed by atoms with Crippen molar-refractivity contribution in [3.05, 3.63) is 23.9 Å². The summed E-state index contributed by atoms with van der Waals surface area (Å²) in [4.78, 5) is 17.9. The molecular formula is C15H22N4O. The van der Waals surface area contributed by atoms with Crippen LogP contribution < -0.4 is 16.0 Å². The van der Waals surface area contributed by atoms with Crippen molar-refractivity contribution in [1.82, 2.24) is 10.3 Å². The van der Waals surface area contributed by atoms with Gasteiger partial charge in [-0.1, -0.05) is 6.42 Å². The lowest BCUT2D eigenvalue weighted by atomic mass is 10.0. The summed E-state index contributed by atoms with van der Waals surface area (Å²) in [6.07, 6.45) is 7.90. The number of hydrogen-bond donors (Lipinski definition) is 2. The van der Waals surface area contributed by atoms with E-state index in [4.69, 9.17) is 5.73 Å². The molecule has 1 aromatic heterocycles. The molecule has 108 valence electrons. The molecule has 3 N–H and O–H groups in total. The smallest absolute Gasteiger partial charge is 0.250 e. The Hall–Kier alpha value is -1.62. The van der Waals surface area contributed by atoms with Crippen molar-refractivity contribution in [2.75, 3.05) is 18.0 Å². The van der Waals surface area contributed by atoms with Crippen molar-refractivity contribution in [3.8, 4) is 0 Å². The van der Waals surface area contributed by atoms with Gasteiger partial charge in [0.25, 0.3) is 0 Å². The average molecular weight is 274 g/mol. The van der Waals surface area contributed by atoms with Crippen LogP contribution in [0.4, 0.5) is 5.82 Å². The highest BCUT2D eigenvalue weighted by molar-refractivity contribution is 5.92. The van der Waals surface area contributed by atoms with Gasteiger partial charge in [0, 0.05) is 24.8 Å². The van der Waals surface area contributed by atoms with E-state index in [1.165, 1.54) is 32.1 Å². The van der Waals surface area contributed by atoms with Crippen LogP contribution in [-0.4, -0.2) is 36.1 Å². The molecule has 1 atom stereocenters. The molecule has 1 aromatic rings. The molecule has 2 heterocycles. The Morgan fingerprint density at radius 2 is 2.20 bits per heavy atom. The van der Waals surface area contributed by atoms with Gasteiger partial charge in [-0.2, -0.15) is 0 Å². The number of rotatable bonds is 5. The van der Waals surface area contributed by atoms with Crippen molar-refractivity contribution in [3.63, 3.8) is 0 Å². The topological polar surface area (TPSA) is 71.2 Å². The molecule has 5 nitrogen and oxygen atoms in total. The zero-order valence-corrected chi connectivity index (χ0v) is 11.7. The molecule has 1 aliphatic carbocycles. The molecule has 5 heteroatoms. The number of aromatic nitrogens is 1. The van der Waals surface area contributed by atoms with Crippen LogP contribution in [0.1, 0.15) is 42.5 Å². The third-order valence-electron chi connectivity index (χ3n) is 4.14. The Morgan fingerprint density at radius 3 is 2.75 bits per heavy atom. The Kier molecular flexibility index (Phi) is 3.87. The van der Waals surface area contributed by atoms with E-state index < -0.39 is 5.91 Å². The maximum atomic E-state index is 11.1. The standard InChI is InChI=1S/C15H22N4O/c16-15(20)11-4-7-14(18-9-11)19(13-5-6-13)10-12-3-1-2-8-17-12/h4,7,9,12-13,17H,1-3,5-6,8,10H2,(H2,16,20). The molecule has 1 aliphatic heterocycles. The fraction of sp³-hybridized carbons (Fsp3) is 0.600. The lowest BCUT2D eigenvalue weighted by Crippen LogP contribution is -2.44. The van der Waals surface area contributed by atoms with Crippen molar-refractivity contribution in [2.24, 2.45) is 5.73 Å². The molecule has 0 bridgehead atoms. The van der Waals surface area contributed by atoms with E-state index in [-0.39, 0.29) is 0 Å². The monoisotopic (exact) mass is 274 g/mol. The first-order valence-corrected chi connectivity index (χ1v) is 7.50. The molecule has 1 amide bonds. The van der Waals surface area contributed by atoms with Gasteiger partial charge in [-0.25, -0.2) is 4.98 Å². The van der Waals surface area contributed by atoms with E-state index in [9.17, 15) is 4.79 Å². The normalized spacial score (nSPS) is 22.5. The minimum absolute atomic E-state index is 0.420. The fourth-order valence-corrected chi connectivity index (χ4v) is 2.83. The van der Waals surface area contributed by atoms with Crippen LogP contribution in [0.25, 0.3) is 0 Å². The molecule has 3 rings (SSSR count). The second kappa shape index (κ2) is 5.79. The van der Waals surface area contributed by atoms with Crippen LogP contribution in [-0.2, 0) is 0 Å². The van der Waals surface area contributed by atoms with Crippen LogP contribution >= 0.6 is 0 Å². The van der Waals surface area contributed by atoms with Crippen LogP contribution in [0.2, 0.25) is 0 Å². The van der Waals surface area contributed by atoms with Gasteiger partial charge in [-0.3, -0.25) is 4.79 Å². The van der Waals surface area contributed by atoms with Crippen LogP contribution in [0.5, 0.6) is 0 Å². The number of piperidine rings is 1. The van der Waals surface area contributed by atoms with Crippen molar-refractivity contribution < 1.29 is 4.79 Å². The summed E-state index contributed by atoms with van der Waals surface area (Å²) in [5.74, 6) is 0.542. The third kappa shape index (κ3) is 3.10. The SMILES string of the molecule is NC(=O)c1ccc(N(CC2CCCCN2)C2CC2)nc1. The Morgan fingerprint density at radius 1 is 1.35 bits per heavy atom. The number of anilines is 1. The summed E-state index contributed by atoms with van der Waals surface area (Å²) in [5.41, 5.74) is 5.73. The molecule has 1 unspecified atom stereocenters. The van der Waals surface area contributed by atoms with Gasteiger partial charge in [0.15, 0.2) is 0 Å². The highest BCUT2D eigenvalue weighted by Crippen LogP contribution is 2.31. The molecule has 20 heavy (non-hydrogen) atoms. The lowest BCUT2D eigenvalue weighted by Gasteiger charge is -2.31. The number of nitrogens with two attached hydrogens (primary N) is 1. The predicted molar refractivity (Wildman–Crippen MR) is 78.8 cm³/mol. The molecular weight excluding hydrogens is 252 g/mol. The molecule has 1 saturated carbocycles. The van der Waals surface area contributed by atoms with Gasteiger partial charge >= 0.3 is 0 Å². The van der Waals surface area contributed by atoms with Crippen LogP contribution in [0, 0.1) is 0 Å². The summed E-state index contributed by atoms with van der Waals surface area (Å²) >= 11 is 0. The minimum atomic E-state index is -0.420. The first-order valence-electron chi connectivity index (χ1n) is 7.50. The molecule has 0 aromatic carbocycles. The number of pyridine rings is 1. The van der Waals surface area contributed by atoms with Gasteiger partial charge < -0.3 is 16.0 Å². The fourth-order valence-electron chi connectivity index (χ4n) is 2.83. The summed E-state index contributed by atoms with van der Waals surface area (Å²) < 4.78 is 0. The highest BCUT2D eigenvalue weighted by atomic mass is 16.1. The Balaban J connectivity index is 1.71. The number of carbonyl (C=O) groups is 1. The summed E-state index contributed by atoms with van der Waals surface area (Å²) in [6, 6.07) is 4.86. The van der Waals surface area contributed by atoms with Crippen LogP contribution in [0.3, 0.4) is 0 Å². The third-order valence-corrected chi connectivity index (χ3v) is 4.14. The van der Waals surface area contributed by atoms with Gasteiger partial charge in [0.2, 0.25) is 5.91 Å². The number of hydrogen-bond acceptors (Lipinski definition) is 4. The number of primary amides is 1. The first kappa shape index (κ1) is 13.4. The molecule has 2 fully saturated rings. The van der Waals surface area contributed by atoms with E-state index in [1.807, 2.05) is 6.07 Å². The van der Waals surface area contributed by atoms with Crippen LogP contribution in [0.15, 0.2) is 18.3 Å². The molecule has 0 spiro atoms. The van der Waals surface area contributed by atoms with E-state index in [0.29, 0.717) is 17.6 Å². The van der Waals surface area contributed by atoms with Crippen molar-refractivity contribution in [1.29, 1.82) is 0 Å². The average Bonchev–Trinajstić information content (AvgIpc) is 3.30. The van der Waals surface area contributed by atoms with E-state index >= 15 is 0 Å². The largest absolute Gasteiger partial charge is 0.366 e. The van der Waals surface area contributed by atoms with E-state index in [2.05, 4.69) is 15.2 Å². The number of nitrogens with one attached hydrogen (secondary N) is 1. The summed E-state index contributed by atoms with van der Waals surface area (Å²) in [5, 5.41) is 3.59. The number of carbonyl (C=O) groups excluding carboxylic acids is 1. The molecule has 0 radical (unpaired) electrons. The van der Waals surface area contributed by atoms with Crippen molar-refractivity contribution in [2.45, 2.75) is 44.2 Å². The zero-order chi connectivity index (χ0) is 13.9. The number of nitrogens with zero attached hydrogens (tertiary/aromatic N) is 2. The van der Waals surface area contributed by atoms with E-state index in [0.717, 1.165) is 18.9 Å². The second-order valence-electron chi connectivity index (χ2n) is 5.80. The predicted octanol–water partition coefficient (Wildman–Crippen LogP) is 1.29. The minimum Gasteiger partial charge on any atom is -0.366 e.